The molecule has 2 amide bonds. The van der Waals surface area contributed by atoms with E-state index in [0.29, 0.717) is 36.7 Å². The lowest BCUT2D eigenvalue weighted by atomic mass is 10.0. The summed E-state index contributed by atoms with van der Waals surface area (Å²) in [5.41, 5.74) is 2.37. The Labute approximate surface area is 247 Å². The van der Waals surface area contributed by atoms with E-state index in [9.17, 15) is 18.0 Å². The summed E-state index contributed by atoms with van der Waals surface area (Å²) in [4.78, 5) is 29.3. The Morgan fingerprint density at radius 2 is 1.68 bits per heavy atom. The summed E-state index contributed by atoms with van der Waals surface area (Å²) in [7, 11) is -3.56. The van der Waals surface area contributed by atoms with Crippen LogP contribution in [-0.4, -0.2) is 50.9 Å². The molecule has 218 valence electrons. The second kappa shape index (κ2) is 14.6. The van der Waals surface area contributed by atoms with Crippen molar-refractivity contribution < 1.29 is 22.7 Å². The van der Waals surface area contributed by atoms with Gasteiger partial charge in [-0.3, -0.25) is 9.59 Å². The lowest BCUT2D eigenvalue weighted by Crippen LogP contribution is -2.45. The van der Waals surface area contributed by atoms with Crippen LogP contribution < -0.4 is 10.0 Å². The molecule has 8 nitrogen and oxygen atoms in total. The molecule has 0 saturated carbocycles. The number of aryl methyl sites for hydroxylation is 1. The summed E-state index contributed by atoms with van der Waals surface area (Å²) in [6.07, 6.45) is 2.34. The number of amides is 2. The first kappa shape index (κ1) is 30.7. The molecular formula is C31H36ClN3O5S. The average molecular weight is 598 g/mol. The number of hydrogen-bond acceptors (Lipinski definition) is 5. The number of ether oxygens (including phenoxy) is 1. The Hall–Kier alpha value is -3.24. The Kier molecular flexibility index (Phi) is 10.9. The fourth-order valence-corrected chi connectivity index (χ4v) is 6.01. The van der Waals surface area contributed by atoms with Crippen LogP contribution in [0.15, 0.2) is 83.8 Å². The van der Waals surface area contributed by atoms with Crippen LogP contribution in [0, 0.1) is 0 Å². The molecule has 0 aromatic heterocycles. The standard InChI is InChI=1S/C31H36ClN3O5S/c1-2-34-41(38,39)28-17-12-23(13-18-28)14-19-29(36)35(22-24-10-15-26(32)16-11-24)30(25-7-4-3-5-8-25)31(37)33-21-27-9-6-20-40-27/h3-5,7-8,10-13,15-18,27,30,34H,2,6,9,14,19-22H2,1H3,(H,33,37)/t27-,30+/m0/s1. The third-order valence-electron chi connectivity index (χ3n) is 6.99. The zero-order valence-corrected chi connectivity index (χ0v) is 24.7. The Morgan fingerprint density at radius 1 is 1.00 bits per heavy atom. The van der Waals surface area contributed by atoms with Gasteiger partial charge in [0.2, 0.25) is 21.8 Å². The maximum Gasteiger partial charge on any atom is 0.247 e. The van der Waals surface area contributed by atoms with Gasteiger partial charge in [0, 0.05) is 37.7 Å². The first-order valence-corrected chi connectivity index (χ1v) is 15.7. The summed E-state index contributed by atoms with van der Waals surface area (Å²) in [5, 5.41) is 3.60. The second-order valence-corrected chi connectivity index (χ2v) is 12.2. The maximum absolute atomic E-state index is 13.9. The quantitative estimate of drug-likeness (QED) is 0.299. The maximum atomic E-state index is 13.9. The van der Waals surface area contributed by atoms with Gasteiger partial charge in [-0.1, -0.05) is 73.1 Å². The van der Waals surface area contributed by atoms with Crippen LogP contribution in [0.25, 0.3) is 0 Å². The highest BCUT2D eigenvalue weighted by Gasteiger charge is 2.32. The monoisotopic (exact) mass is 597 g/mol. The lowest BCUT2D eigenvalue weighted by Gasteiger charge is -2.32. The molecule has 1 aliphatic rings. The topological polar surface area (TPSA) is 105 Å². The molecule has 0 radical (unpaired) electrons. The molecule has 2 atom stereocenters. The van der Waals surface area contributed by atoms with Crippen LogP contribution in [0.3, 0.4) is 0 Å². The molecule has 4 rings (SSSR count). The van der Waals surface area contributed by atoms with Crippen LogP contribution in [0.5, 0.6) is 0 Å². The summed E-state index contributed by atoms with van der Waals surface area (Å²) in [6.45, 7) is 3.30. The van der Waals surface area contributed by atoms with Gasteiger partial charge < -0.3 is 15.0 Å². The number of nitrogens with zero attached hydrogens (tertiary/aromatic N) is 1. The van der Waals surface area contributed by atoms with Crippen molar-refractivity contribution in [2.45, 2.75) is 56.2 Å². The molecule has 41 heavy (non-hydrogen) atoms. The van der Waals surface area contributed by atoms with Crippen molar-refractivity contribution in [3.8, 4) is 0 Å². The highest BCUT2D eigenvalue weighted by molar-refractivity contribution is 7.89. The third kappa shape index (κ3) is 8.63. The SMILES string of the molecule is CCNS(=O)(=O)c1ccc(CCC(=O)N(Cc2ccc(Cl)cc2)[C@@H](C(=O)NC[C@@H]2CCCO2)c2ccccc2)cc1. The number of hydrogen-bond donors (Lipinski definition) is 2. The molecular weight excluding hydrogens is 562 g/mol. The molecule has 0 bridgehead atoms. The zero-order valence-electron chi connectivity index (χ0n) is 23.1. The molecule has 0 spiro atoms. The van der Waals surface area contributed by atoms with Gasteiger partial charge in [0.05, 0.1) is 11.0 Å². The molecule has 3 aromatic carbocycles. The molecule has 1 heterocycles. The van der Waals surface area contributed by atoms with E-state index in [1.165, 1.54) is 12.1 Å². The number of carbonyl (C=O) groups is 2. The minimum absolute atomic E-state index is 0.0323. The Bertz CT molecular complexity index is 1390. The van der Waals surface area contributed by atoms with Crippen molar-refractivity contribution in [2.24, 2.45) is 0 Å². The van der Waals surface area contributed by atoms with Crippen molar-refractivity contribution in [1.29, 1.82) is 0 Å². The number of benzene rings is 3. The summed E-state index contributed by atoms with van der Waals surface area (Å²) in [6, 6.07) is 22.1. The molecule has 0 unspecified atom stereocenters. The first-order valence-electron chi connectivity index (χ1n) is 13.8. The Balaban J connectivity index is 1.57. The number of carbonyl (C=O) groups excluding carboxylic acids is 2. The van der Waals surface area contributed by atoms with E-state index < -0.39 is 16.1 Å². The van der Waals surface area contributed by atoms with Crippen molar-refractivity contribution in [3.05, 3.63) is 101 Å². The smallest absolute Gasteiger partial charge is 0.247 e. The minimum Gasteiger partial charge on any atom is -0.376 e. The first-order chi connectivity index (χ1) is 19.8. The number of nitrogens with one attached hydrogen (secondary N) is 2. The van der Waals surface area contributed by atoms with Crippen molar-refractivity contribution >= 4 is 33.4 Å². The van der Waals surface area contributed by atoms with E-state index >= 15 is 0 Å². The van der Waals surface area contributed by atoms with E-state index in [2.05, 4.69) is 10.0 Å². The van der Waals surface area contributed by atoms with Crippen LogP contribution in [-0.2, 0) is 37.3 Å². The summed E-state index contributed by atoms with van der Waals surface area (Å²) >= 11 is 6.10. The largest absolute Gasteiger partial charge is 0.376 e. The Morgan fingerprint density at radius 3 is 2.32 bits per heavy atom. The molecule has 3 aromatic rings. The number of halogens is 1. The molecule has 0 aliphatic carbocycles. The number of rotatable bonds is 13. The molecule has 10 heteroatoms. The predicted molar refractivity (Wildman–Crippen MR) is 159 cm³/mol. The van der Waals surface area contributed by atoms with Gasteiger partial charge in [-0.05, 0) is 60.2 Å². The van der Waals surface area contributed by atoms with Gasteiger partial charge in [0.15, 0.2) is 0 Å². The molecule has 1 saturated heterocycles. The molecule has 2 N–H and O–H groups in total. The third-order valence-corrected chi connectivity index (χ3v) is 8.80. The van der Waals surface area contributed by atoms with E-state index in [-0.39, 0.29) is 35.8 Å². The fourth-order valence-electron chi connectivity index (χ4n) is 4.84. The summed E-state index contributed by atoms with van der Waals surface area (Å²) < 4.78 is 32.7. The average Bonchev–Trinajstić information content (AvgIpc) is 3.50. The van der Waals surface area contributed by atoms with Crippen molar-refractivity contribution in [2.75, 3.05) is 19.7 Å². The fraction of sp³-hybridized carbons (Fsp3) is 0.355. The van der Waals surface area contributed by atoms with Gasteiger partial charge in [-0.2, -0.15) is 0 Å². The van der Waals surface area contributed by atoms with Gasteiger partial charge >= 0.3 is 0 Å². The van der Waals surface area contributed by atoms with Crippen molar-refractivity contribution in [3.63, 3.8) is 0 Å². The number of sulfonamides is 1. The van der Waals surface area contributed by atoms with Gasteiger partial charge in [-0.25, -0.2) is 13.1 Å². The van der Waals surface area contributed by atoms with Crippen molar-refractivity contribution in [1.82, 2.24) is 14.9 Å². The van der Waals surface area contributed by atoms with E-state index in [0.717, 1.165) is 24.0 Å². The van der Waals surface area contributed by atoms with E-state index in [1.807, 2.05) is 42.5 Å². The highest BCUT2D eigenvalue weighted by atomic mass is 35.5. The van der Waals surface area contributed by atoms with Gasteiger partial charge in [0.1, 0.15) is 6.04 Å². The minimum atomic E-state index is -3.56. The zero-order chi connectivity index (χ0) is 29.2. The van der Waals surface area contributed by atoms with Crippen LogP contribution >= 0.6 is 11.6 Å². The van der Waals surface area contributed by atoms with Crippen LogP contribution in [0.2, 0.25) is 5.02 Å². The highest BCUT2D eigenvalue weighted by Crippen LogP contribution is 2.26. The van der Waals surface area contributed by atoms with E-state index in [1.54, 1.807) is 36.1 Å². The van der Waals surface area contributed by atoms with E-state index in [4.69, 9.17) is 16.3 Å². The molecule has 1 fully saturated rings. The van der Waals surface area contributed by atoms with Gasteiger partial charge in [-0.15, -0.1) is 0 Å². The lowest BCUT2D eigenvalue weighted by molar-refractivity contribution is -0.141. The van der Waals surface area contributed by atoms with Crippen LogP contribution in [0.4, 0.5) is 0 Å². The summed E-state index contributed by atoms with van der Waals surface area (Å²) in [5.74, 6) is -0.475. The predicted octanol–water partition coefficient (Wildman–Crippen LogP) is 4.64. The van der Waals surface area contributed by atoms with Crippen LogP contribution in [0.1, 0.15) is 48.9 Å². The van der Waals surface area contributed by atoms with Gasteiger partial charge in [0.25, 0.3) is 0 Å². The second-order valence-electron chi connectivity index (χ2n) is 9.99. The normalized spacial score (nSPS) is 15.8. The molecule has 1 aliphatic heterocycles.